The molecule has 1 N–H and O–H groups in total. The molecule has 0 saturated heterocycles. The van der Waals surface area contributed by atoms with Crippen LogP contribution in [0.4, 0.5) is 0 Å². The first-order valence-electron chi connectivity index (χ1n) is 5.95. The molecule has 0 amide bonds. The summed E-state index contributed by atoms with van der Waals surface area (Å²) in [6.45, 7) is 13.4. The van der Waals surface area contributed by atoms with Gasteiger partial charge in [-0.3, -0.25) is 0 Å². The summed E-state index contributed by atoms with van der Waals surface area (Å²) in [4.78, 5) is 0. The van der Waals surface area contributed by atoms with Crippen LogP contribution in [0.15, 0.2) is 0 Å². The third-order valence-corrected chi connectivity index (χ3v) is 3.48. The zero-order chi connectivity index (χ0) is 11.4. The SMILES string of the molecule is CCC(C)CC(O)CC(C)C(C)(C)C. The fraction of sp³-hybridized carbons (Fsp3) is 1.00. The van der Waals surface area contributed by atoms with E-state index in [2.05, 4.69) is 41.5 Å². The Kier molecular flexibility index (Phi) is 5.73. The maximum atomic E-state index is 9.88. The van der Waals surface area contributed by atoms with Gasteiger partial charge >= 0.3 is 0 Å². The normalized spacial score (nSPS) is 19.1. The van der Waals surface area contributed by atoms with Crippen molar-refractivity contribution in [3.05, 3.63) is 0 Å². The molecule has 1 heteroatoms. The van der Waals surface area contributed by atoms with Crippen molar-refractivity contribution in [2.75, 3.05) is 0 Å². The Balaban J connectivity index is 3.88. The summed E-state index contributed by atoms with van der Waals surface area (Å²) in [6, 6.07) is 0. The molecule has 1 nitrogen and oxygen atoms in total. The molecule has 0 spiro atoms. The third-order valence-electron chi connectivity index (χ3n) is 3.48. The van der Waals surface area contributed by atoms with E-state index in [1.165, 1.54) is 6.42 Å². The first-order chi connectivity index (χ1) is 6.27. The fourth-order valence-electron chi connectivity index (χ4n) is 1.49. The minimum atomic E-state index is -0.112. The predicted octanol–water partition coefficient (Wildman–Crippen LogP) is 3.86. The zero-order valence-corrected chi connectivity index (χ0v) is 10.8. The fourth-order valence-corrected chi connectivity index (χ4v) is 1.49. The number of rotatable bonds is 5. The summed E-state index contributed by atoms with van der Waals surface area (Å²) < 4.78 is 0. The molecule has 0 aliphatic heterocycles. The van der Waals surface area contributed by atoms with E-state index in [1.54, 1.807) is 0 Å². The lowest BCUT2D eigenvalue weighted by Crippen LogP contribution is -2.23. The van der Waals surface area contributed by atoms with E-state index < -0.39 is 0 Å². The molecule has 0 bridgehead atoms. The van der Waals surface area contributed by atoms with E-state index in [0.717, 1.165) is 12.8 Å². The molecule has 0 fully saturated rings. The van der Waals surface area contributed by atoms with Crippen LogP contribution in [-0.4, -0.2) is 11.2 Å². The lowest BCUT2D eigenvalue weighted by Gasteiger charge is -2.29. The Morgan fingerprint density at radius 3 is 1.93 bits per heavy atom. The first-order valence-corrected chi connectivity index (χ1v) is 5.95. The van der Waals surface area contributed by atoms with Crippen LogP contribution in [0.25, 0.3) is 0 Å². The second kappa shape index (κ2) is 5.75. The van der Waals surface area contributed by atoms with Crippen molar-refractivity contribution >= 4 is 0 Å². The molecule has 86 valence electrons. The van der Waals surface area contributed by atoms with Crippen LogP contribution >= 0.6 is 0 Å². The van der Waals surface area contributed by atoms with Crippen LogP contribution in [-0.2, 0) is 0 Å². The van der Waals surface area contributed by atoms with Crippen LogP contribution in [0.2, 0.25) is 0 Å². The molecule has 0 aliphatic rings. The van der Waals surface area contributed by atoms with E-state index in [-0.39, 0.29) is 6.10 Å². The van der Waals surface area contributed by atoms with E-state index in [9.17, 15) is 5.11 Å². The number of aliphatic hydroxyl groups is 1. The van der Waals surface area contributed by atoms with Gasteiger partial charge in [0.2, 0.25) is 0 Å². The Morgan fingerprint density at radius 1 is 1.07 bits per heavy atom. The van der Waals surface area contributed by atoms with Gasteiger partial charge in [-0.05, 0) is 30.1 Å². The van der Waals surface area contributed by atoms with Crippen LogP contribution in [0.3, 0.4) is 0 Å². The van der Waals surface area contributed by atoms with Gasteiger partial charge in [-0.1, -0.05) is 48.0 Å². The topological polar surface area (TPSA) is 20.2 Å². The highest BCUT2D eigenvalue weighted by atomic mass is 16.3. The predicted molar refractivity (Wildman–Crippen MR) is 63.3 cm³/mol. The molecule has 0 aliphatic carbocycles. The number of hydrogen-bond donors (Lipinski definition) is 1. The summed E-state index contributed by atoms with van der Waals surface area (Å²) >= 11 is 0. The van der Waals surface area contributed by atoms with Crippen LogP contribution in [0.5, 0.6) is 0 Å². The highest BCUT2D eigenvalue weighted by Crippen LogP contribution is 2.30. The Morgan fingerprint density at radius 2 is 1.57 bits per heavy atom. The highest BCUT2D eigenvalue weighted by molar-refractivity contribution is 4.73. The quantitative estimate of drug-likeness (QED) is 0.714. The van der Waals surface area contributed by atoms with E-state index in [0.29, 0.717) is 17.3 Å². The third kappa shape index (κ3) is 5.64. The largest absolute Gasteiger partial charge is 0.393 e. The monoisotopic (exact) mass is 200 g/mol. The Hall–Kier alpha value is -0.0400. The van der Waals surface area contributed by atoms with Crippen molar-refractivity contribution in [3.63, 3.8) is 0 Å². The average Bonchev–Trinajstić information content (AvgIpc) is 2.02. The molecular weight excluding hydrogens is 172 g/mol. The van der Waals surface area contributed by atoms with E-state index >= 15 is 0 Å². The Bertz CT molecular complexity index is 146. The molecule has 0 aromatic heterocycles. The van der Waals surface area contributed by atoms with Crippen molar-refractivity contribution in [2.45, 2.75) is 66.9 Å². The molecular formula is C13H28O. The first kappa shape index (κ1) is 14.0. The van der Waals surface area contributed by atoms with Crippen LogP contribution in [0.1, 0.15) is 60.8 Å². The highest BCUT2D eigenvalue weighted by Gasteiger charge is 2.23. The van der Waals surface area contributed by atoms with E-state index in [1.807, 2.05) is 0 Å². The lowest BCUT2D eigenvalue weighted by molar-refractivity contribution is 0.0902. The van der Waals surface area contributed by atoms with Crippen molar-refractivity contribution in [1.82, 2.24) is 0 Å². The maximum Gasteiger partial charge on any atom is 0.0545 e. The minimum Gasteiger partial charge on any atom is -0.393 e. The molecule has 0 rings (SSSR count). The van der Waals surface area contributed by atoms with Gasteiger partial charge in [-0.25, -0.2) is 0 Å². The van der Waals surface area contributed by atoms with Gasteiger partial charge in [0, 0.05) is 0 Å². The molecule has 0 aromatic rings. The molecule has 0 radical (unpaired) electrons. The van der Waals surface area contributed by atoms with Gasteiger partial charge in [-0.2, -0.15) is 0 Å². The van der Waals surface area contributed by atoms with E-state index in [4.69, 9.17) is 0 Å². The molecule has 0 saturated carbocycles. The summed E-state index contributed by atoms with van der Waals surface area (Å²) in [5, 5.41) is 9.88. The molecule has 0 aromatic carbocycles. The van der Waals surface area contributed by atoms with Gasteiger partial charge in [0.15, 0.2) is 0 Å². The standard InChI is InChI=1S/C13H28O/c1-7-10(2)8-12(14)9-11(3)13(4,5)6/h10-12,14H,7-9H2,1-6H3. The minimum absolute atomic E-state index is 0.112. The molecule has 3 atom stereocenters. The van der Waals surface area contributed by atoms with Crippen LogP contribution < -0.4 is 0 Å². The second-order valence-electron chi connectivity index (χ2n) is 5.91. The number of hydrogen-bond acceptors (Lipinski definition) is 1. The van der Waals surface area contributed by atoms with Gasteiger partial charge in [0.05, 0.1) is 6.10 Å². The zero-order valence-electron chi connectivity index (χ0n) is 10.8. The smallest absolute Gasteiger partial charge is 0.0545 e. The number of aliphatic hydroxyl groups excluding tert-OH is 1. The molecule has 14 heavy (non-hydrogen) atoms. The van der Waals surface area contributed by atoms with Gasteiger partial charge < -0.3 is 5.11 Å². The van der Waals surface area contributed by atoms with Gasteiger partial charge in [0.25, 0.3) is 0 Å². The van der Waals surface area contributed by atoms with Crippen molar-refractivity contribution < 1.29 is 5.11 Å². The van der Waals surface area contributed by atoms with Gasteiger partial charge in [-0.15, -0.1) is 0 Å². The summed E-state index contributed by atoms with van der Waals surface area (Å²) in [5.74, 6) is 1.23. The maximum absolute atomic E-state index is 9.88. The van der Waals surface area contributed by atoms with Gasteiger partial charge in [0.1, 0.15) is 0 Å². The van der Waals surface area contributed by atoms with Crippen molar-refractivity contribution in [1.29, 1.82) is 0 Å². The molecule has 0 heterocycles. The van der Waals surface area contributed by atoms with Crippen LogP contribution in [0, 0.1) is 17.3 Å². The van der Waals surface area contributed by atoms with Crippen molar-refractivity contribution in [2.24, 2.45) is 17.3 Å². The van der Waals surface area contributed by atoms with Crippen molar-refractivity contribution in [3.8, 4) is 0 Å². The summed E-state index contributed by atoms with van der Waals surface area (Å²) in [7, 11) is 0. The lowest BCUT2D eigenvalue weighted by atomic mass is 9.78. The molecule has 3 unspecified atom stereocenters. The average molecular weight is 200 g/mol. The summed E-state index contributed by atoms with van der Waals surface area (Å²) in [6.07, 6.45) is 2.95. The summed E-state index contributed by atoms with van der Waals surface area (Å²) in [5.41, 5.74) is 0.316. The second-order valence-corrected chi connectivity index (χ2v) is 5.91. The Labute approximate surface area is 89.9 Å².